The second-order valence-corrected chi connectivity index (χ2v) is 9.04. The molecule has 1 aromatic carbocycles. The number of rotatable bonds is 4. The van der Waals surface area contributed by atoms with Crippen molar-refractivity contribution in [3.8, 4) is 11.1 Å². The van der Waals surface area contributed by atoms with E-state index in [2.05, 4.69) is 60.2 Å². The third kappa shape index (κ3) is 3.76. The molecule has 1 saturated heterocycles. The van der Waals surface area contributed by atoms with Gasteiger partial charge in [0.15, 0.2) is 0 Å². The van der Waals surface area contributed by atoms with Crippen molar-refractivity contribution < 1.29 is 0 Å². The molecule has 0 radical (unpaired) electrons. The number of fused-ring (bicyclic) bond motifs is 1. The van der Waals surface area contributed by atoms with Crippen LogP contribution in [0.4, 0.5) is 5.82 Å². The van der Waals surface area contributed by atoms with Gasteiger partial charge in [-0.3, -0.25) is 0 Å². The molecule has 1 N–H and O–H groups in total. The summed E-state index contributed by atoms with van der Waals surface area (Å²) in [6.07, 6.45) is 2.08. The largest absolute Gasteiger partial charge is 0.355 e. The fourth-order valence-electron chi connectivity index (χ4n) is 3.88. The van der Waals surface area contributed by atoms with E-state index in [1.54, 1.807) is 11.3 Å². The zero-order chi connectivity index (χ0) is 19.7. The van der Waals surface area contributed by atoms with Crippen molar-refractivity contribution in [2.45, 2.75) is 39.5 Å². The standard InChI is InChI=1S/C22H27ClN4S/c1-4-17-18(16-8-6-15(7-9-16)14(2)3)19-20(25-22(23)26-21(19)28-17)27-12-5-10-24-11-13-27/h6-9,14,24H,4-5,10-13H2,1-3H3. The van der Waals surface area contributed by atoms with Crippen LogP contribution in [0, 0.1) is 0 Å². The van der Waals surface area contributed by atoms with Crippen LogP contribution in [0.3, 0.4) is 0 Å². The topological polar surface area (TPSA) is 41.1 Å². The summed E-state index contributed by atoms with van der Waals surface area (Å²) in [5.74, 6) is 1.51. The summed E-state index contributed by atoms with van der Waals surface area (Å²) in [6.45, 7) is 10.6. The van der Waals surface area contributed by atoms with E-state index < -0.39 is 0 Å². The molecule has 3 heterocycles. The number of thiophene rings is 1. The number of aromatic nitrogens is 2. The first-order valence-corrected chi connectivity index (χ1v) is 11.3. The van der Waals surface area contributed by atoms with Crippen LogP contribution >= 0.6 is 22.9 Å². The normalized spacial score (nSPS) is 15.4. The van der Waals surface area contributed by atoms with Crippen LogP contribution in [-0.2, 0) is 6.42 Å². The van der Waals surface area contributed by atoms with Gasteiger partial charge in [-0.1, -0.05) is 45.0 Å². The first-order chi connectivity index (χ1) is 13.6. The fourth-order valence-corrected chi connectivity index (χ4v) is 5.22. The molecule has 0 saturated carbocycles. The van der Waals surface area contributed by atoms with Gasteiger partial charge >= 0.3 is 0 Å². The van der Waals surface area contributed by atoms with Crippen LogP contribution in [-0.4, -0.2) is 36.1 Å². The number of nitrogens with one attached hydrogen (secondary N) is 1. The Bertz CT molecular complexity index is 957. The Morgan fingerprint density at radius 3 is 2.64 bits per heavy atom. The molecule has 148 valence electrons. The minimum atomic E-state index is 0.338. The molecule has 0 atom stereocenters. The average molecular weight is 415 g/mol. The highest BCUT2D eigenvalue weighted by Gasteiger charge is 2.23. The van der Waals surface area contributed by atoms with E-state index in [4.69, 9.17) is 16.6 Å². The number of aryl methyl sites for hydroxylation is 1. The smallest absolute Gasteiger partial charge is 0.225 e. The molecule has 6 heteroatoms. The first-order valence-electron chi connectivity index (χ1n) is 10.1. The van der Waals surface area contributed by atoms with Gasteiger partial charge in [0.05, 0.1) is 5.39 Å². The molecule has 4 nitrogen and oxygen atoms in total. The molecule has 0 amide bonds. The van der Waals surface area contributed by atoms with Crippen LogP contribution in [0.15, 0.2) is 24.3 Å². The molecular weight excluding hydrogens is 388 g/mol. The van der Waals surface area contributed by atoms with Gasteiger partial charge in [0.2, 0.25) is 5.28 Å². The quantitative estimate of drug-likeness (QED) is 0.572. The zero-order valence-corrected chi connectivity index (χ0v) is 18.3. The average Bonchev–Trinajstić information content (AvgIpc) is 2.86. The Hall–Kier alpha value is -1.69. The molecule has 1 aliphatic rings. The highest BCUT2D eigenvalue weighted by atomic mass is 35.5. The molecule has 1 fully saturated rings. The minimum Gasteiger partial charge on any atom is -0.355 e. The first kappa shape index (κ1) is 19.6. The Kier molecular flexibility index (Phi) is 5.85. The number of nitrogens with zero attached hydrogens (tertiary/aromatic N) is 3. The Morgan fingerprint density at radius 1 is 1.14 bits per heavy atom. The van der Waals surface area contributed by atoms with E-state index in [-0.39, 0.29) is 0 Å². The molecular formula is C22H27ClN4S. The lowest BCUT2D eigenvalue weighted by Crippen LogP contribution is -2.28. The van der Waals surface area contributed by atoms with Crippen molar-refractivity contribution in [2.75, 3.05) is 31.1 Å². The molecule has 4 rings (SSSR count). The monoisotopic (exact) mass is 414 g/mol. The van der Waals surface area contributed by atoms with Crippen molar-refractivity contribution in [3.63, 3.8) is 0 Å². The van der Waals surface area contributed by atoms with Gasteiger partial charge in [-0.15, -0.1) is 11.3 Å². The molecule has 0 bridgehead atoms. The van der Waals surface area contributed by atoms with Crippen molar-refractivity contribution in [1.82, 2.24) is 15.3 Å². The maximum Gasteiger partial charge on any atom is 0.225 e. The summed E-state index contributed by atoms with van der Waals surface area (Å²) < 4.78 is 0. The van der Waals surface area contributed by atoms with Crippen molar-refractivity contribution in [3.05, 3.63) is 40.0 Å². The molecule has 3 aromatic rings. The van der Waals surface area contributed by atoms with Crippen LogP contribution in [0.1, 0.15) is 43.6 Å². The predicted molar refractivity (Wildman–Crippen MR) is 121 cm³/mol. The molecule has 2 aromatic heterocycles. The SMILES string of the molecule is CCc1sc2nc(Cl)nc(N3CCCNCC3)c2c1-c1ccc(C(C)C)cc1. The van der Waals surface area contributed by atoms with Gasteiger partial charge in [-0.2, -0.15) is 4.98 Å². The van der Waals surface area contributed by atoms with E-state index in [1.165, 1.54) is 21.6 Å². The summed E-state index contributed by atoms with van der Waals surface area (Å²) >= 11 is 8.08. The van der Waals surface area contributed by atoms with Crippen molar-refractivity contribution in [1.29, 1.82) is 0 Å². The number of halogens is 1. The van der Waals surface area contributed by atoms with Gasteiger partial charge in [0.25, 0.3) is 0 Å². The Balaban J connectivity index is 1.91. The molecule has 1 aliphatic heterocycles. The lowest BCUT2D eigenvalue weighted by atomic mass is 9.97. The van der Waals surface area contributed by atoms with Crippen LogP contribution in [0.5, 0.6) is 0 Å². The minimum absolute atomic E-state index is 0.338. The predicted octanol–water partition coefficient (Wildman–Crippen LogP) is 5.50. The second kappa shape index (κ2) is 8.36. The summed E-state index contributed by atoms with van der Waals surface area (Å²) in [6, 6.07) is 8.99. The number of hydrogen-bond acceptors (Lipinski definition) is 5. The fraction of sp³-hybridized carbons (Fsp3) is 0.455. The Morgan fingerprint density at radius 2 is 1.93 bits per heavy atom. The maximum absolute atomic E-state index is 6.33. The maximum atomic E-state index is 6.33. The van der Waals surface area contributed by atoms with Gasteiger partial charge in [0.1, 0.15) is 10.6 Å². The highest BCUT2D eigenvalue weighted by Crippen LogP contribution is 2.43. The Labute approximate surface area is 176 Å². The third-order valence-electron chi connectivity index (χ3n) is 5.40. The molecule has 0 spiro atoms. The van der Waals surface area contributed by atoms with Crippen molar-refractivity contribution in [2.24, 2.45) is 0 Å². The van der Waals surface area contributed by atoms with Crippen LogP contribution < -0.4 is 10.2 Å². The summed E-state index contributed by atoms with van der Waals surface area (Å²) in [7, 11) is 0. The molecule has 0 aliphatic carbocycles. The van der Waals surface area contributed by atoms with E-state index in [1.807, 2.05) is 0 Å². The van der Waals surface area contributed by atoms with Gasteiger partial charge in [0, 0.05) is 30.1 Å². The summed E-state index contributed by atoms with van der Waals surface area (Å²) in [4.78, 5) is 14.0. The summed E-state index contributed by atoms with van der Waals surface area (Å²) in [5, 5.41) is 4.97. The van der Waals surface area contributed by atoms with Crippen molar-refractivity contribution >= 4 is 39.0 Å². The van der Waals surface area contributed by atoms with Gasteiger partial charge < -0.3 is 10.2 Å². The number of anilines is 1. The van der Waals surface area contributed by atoms with E-state index in [0.29, 0.717) is 11.2 Å². The summed E-state index contributed by atoms with van der Waals surface area (Å²) in [5.41, 5.74) is 3.88. The number of hydrogen-bond donors (Lipinski definition) is 1. The van der Waals surface area contributed by atoms with Gasteiger partial charge in [-0.25, -0.2) is 4.98 Å². The lowest BCUT2D eigenvalue weighted by molar-refractivity contribution is 0.724. The van der Waals surface area contributed by atoms with Crippen LogP contribution in [0.2, 0.25) is 5.28 Å². The van der Waals surface area contributed by atoms with Crippen LogP contribution in [0.25, 0.3) is 21.3 Å². The van der Waals surface area contributed by atoms with E-state index in [0.717, 1.165) is 55.1 Å². The lowest BCUT2D eigenvalue weighted by Gasteiger charge is -2.22. The molecule has 28 heavy (non-hydrogen) atoms. The third-order valence-corrected chi connectivity index (χ3v) is 6.80. The highest BCUT2D eigenvalue weighted by molar-refractivity contribution is 7.19. The van der Waals surface area contributed by atoms with E-state index >= 15 is 0 Å². The van der Waals surface area contributed by atoms with E-state index in [9.17, 15) is 0 Å². The second-order valence-electron chi connectivity index (χ2n) is 7.62. The number of benzene rings is 1. The van der Waals surface area contributed by atoms with Gasteiger partial charge in [-0.05, 0) is 48.0 Å². The zero-order valence-electron chi connectivity index (χ0n) is 16.8. The molecule has 0 unspecified atom stereocenters.